The van der Waals surface area contributed by atoms with Gasteiger partial charge in [0, 0.05) is 12.0 Å². The highest BCUT2D eigenvalue weighted by atomic mass is 32.2. The van der Waals surface area contributed by atoms with Crippen LogP contribution in [-0.4, -0.2) is 12.0 Å². The molecule has 0 amide bonds. The van der Waals surface area contributed by atoms with Crippen molar-refractivity contribution in [1.29, 1.82) is 5.26 Å². The summed E-state index contributed by atoms with van der Waals surface area (Å²) in [5.41, 5.74) is 4.20. The number of nitriles is 1. The third-order valence-electron chi connectivity index (χ3n) is 3.97. The molecule has 2 nitrogen and oxygen atoms in total. The number of ketones is 1. The SMILES string of the molecule is CSc1sc(C#N)c2c1C(=O)CC(c1ccc(C)cc1)C2. The lowest BCUT2D eigenvalue weighted by Gasteiger charge is -2.22. The molecule has 1 aromatic carbocycles. The van der Waals surface area contributed by atoms with Crippen molar-refractivity contribution >= 4 is 28.9 Å². The molecule has 21 heavy (non-hydrogen) atoms. The summed E-state index contributed by atoms with van der Waals surface area (Å²) in [6, 6.07) is 10.6. The second-order valence-electron chi connectivity index (χ2n) is 5.33. The van der Waals surface area contributed by atoms with Gasteiger partial charge in [-0.1, -0.05) is 29.8 Å². The zero-order valence-corrected chi connectivity index (χ0v) is 13.6. The van der Waals surface area contributed by atoms with E-state index in [2.05, 4.69) is 37.3 Å². The van der Waals surface area contributed by atoms with Crippen molar-refractivity contribution in [3.8, 4) is 6.07 Å². The van der Waals surface area contributed by atoms with Crippen molar-refractivity contribution < 1.29 is 4.79 Å². The summed E-state index contributed by atoms with van der Waals surface area (Å²) >= 11 is 3.03. The van der Waals surface area contributed by atoms with Crippen LogP contribution >= 0.6 is 23.1 Å². The van der Waals surface area contributed by atoms with E-state index in [1.165, 1.54) is 22.5 Å². The minimum absolute atomic E-state index is 0.184. The maximum absolute atomic E-state index is 12.5. The van der Waals surface area contributed by atoms with Gasteiger partial charge in [0.1, 0.15) is 10.9 Å². The quantitative estimate of drug-likeness (QED) is 0.763. The molecule has 0 aliphatic heterocycles. The van der Waals surface area contributed by atoms with Gasteiger partial charge in [0.25, 0.3) is 0 Å². The summed E-state index contributed by atoms with van der Waals surface area (Å²) in [6.45, 7) is 2.06. The Morgan fingerprint density at radius 1 is 1.29 bits per heavy atom. The van der Waals surface area contributed by atoms with Gasteiger partial charge in [-0.25, -0.2) is 0 Å². The molecule has 106 valence electrons. The van der Waals surface area contributed by atoms with Gasteiger partial charge in [0.05, 0.1) is 4.21 Å². The number of benzene rings is 1. The predicted octanol–water partition coefficient (Wildman–Crippen LogP) is 4.56. The highest BCUT2D eigenvalue weighted by Crippen LogP contribution is 2.42. The number of fused-ring (bicyclic) bond motifs is 1. The zero-order chi connectivity index (χ0) is 15.0. The van der Waals surface area contributed by atoms with Crippen molar-refractivity contribution in [2.24, 2.45) is 0 Å². The van der Waals surface area contributed by atoms with E-state index < -0.39 is 0 Å². The van der Waals surface area contributed by atoms with Gasteiger partial charge >= 0.3 is 0 Å². The number of thioether (sulfide) groups is 1. The van der Waals surface area contributed by atoms with Crippen LogP contribution in [0.1, 0.15) is 44.3 Å². The Morgan fingerprint density at radius 2 is 2.00 bits per heavy atom. The fraction of sp³-hybridized carbons (Fsp3) is 0.294. The van der Waals surface area contributed by atoms with Crippen LogP contribution in [0.3, 0.4) is 0 Å². The van der Waals surface area contributed by atoms with Crippen LogP contribution < -0.4 is 0 Å². The van der Waals surface area contributed by atoms with E-state index in [1.54, 1.807) is 11.8 Å². The molecule has 0 spiro atoms. The molecule has 2 aromatic rings. The lowest BCUT2D eigenvalue weighted by molar-refractivity contribution is 0.0962. The monoisotopic (exact) mass is 313 g/mol. The fourth-order valence-corrected chi connectivity index (χ4v) is 4.77. The van der Waals surface area contributed by atoms with Crippen LogP contribution in [0.15, 0.2) is 28.5 Å². The minimum Gasteiger partial charge on any atom is -0.294 e. The van der Waals surface area contributed by atoms with Gasteiger partial charge in [-0.3, -0.25) is 4.79 Å². The van der Waals surface area contributed by atoms with Crippen molar-refractivity contribution in [2.45, 2.75) is 29.9 Å². The minimum atomic E-state index is 0.184. The third kappa shape index (κ3) is 2.52. The van der Waals surface area contributed by atoms with E-state index in [0.717, 1.165) is 21.8 Å². The van der Waals surface area contributed by atoms with Crippen molar-refractivity contribution in [2.75, 3.05) is 6.26 Å². The number of nitrogens with zero attached hydrogens (tertiary/aromatic N) is 1. The van der Waals surface area contributed by atoms with Gasteiger partial charge in [0.2, 0.25) is 0 Å². The first-order valence-corrected chi connectivity index (χ1v) is 8.87. The number of thiophene rings is 1. The van der Waals surface area contributed by atoms with Gasteiger partial charge in [0.15, 0.2) is 5.78 Å². The molecule has 1 aliphatic rings. The second-order valence-corrected chi connectivity index (χ2v) is 7.42. The highest BCUT2D eigenvalue weighted by Gasteiger charge is 2.32. The number of hydrogen-bond acceptors (Lipinski definition) is 4. The number of Topliss-reactive ketones (excluding diaryl/α,β-unsaturated/α-hetero) is 1. The molecule has 3 rings (SSSR count). The van der Waals surface area contributed by atoms with Gasteiger partial charge in [-0.15, -0.1) is 23.1 Å². The third-order valence-corrected chi connectivity index (χ3v) is 6.23. The molecule has 0 radical (unpaired) electrons. The second kappa shape index (κ2) is 5.67. The van der Waals surface area contributed by atoms with E-state index in [4.69, 9.17) is 0 Å². The number of carbonyl (C=O) groups is 1. The highest BCUT2D eigenvalue weighted by molar-refractivity contribution is 8.00. The molecular weight excluding hydrogens is 298 g/mol. The number of carbonyl (C=O) groups excluding carboxylic acids is 1. The number of hydrogen-bond donors (Lipinski definition) is 0. The summed E-state index contributed by atoms with van der Waals surface area (Å²) in [5, 5.41) is 9.32. The van der Waals surface area contributed by atoms with Crippen LogP contribution in [0, 0.1) is 18.3 Å². The molecule has 0 saturated carbocycles. The molecule has 4 heteroatoms. The Bertz CT molecular complexity index is 737. The van der Waals surface area contributed by atoms with Crippen LogP contribution in [-0.2, 0) is 6.42 Å². The first kappa shape index (κ1) is 14.4. The molecule has 0 bridgehead atoms. The average Bonchev–Trinajstić information content (AvgIpc) is 2.86. The summed E-state index contributed by atoms with van der Waals surface area (Å²) in [4.78, 5) is 13.2. The lowest BCUT2D eigenvalue weighted by atomic mass is 9.80. The van der Waals surface area contributed by atoms with Crippen LogP contribution in [0.4, 0.5) is 0 Å². The van der Waals surface area contributed by atoms with Gasteiger partial charge < -0.3 is 0 Å². The Labute approximate surface area is 132 Å². The first-order chi connectivity index (χ1) is 10.1. The smallest absolute Gasteiger partial charge is 0.165 e. The average molecular weight is 313 g/mol. The van der Waals surface area contributed by atoms with Crippen LogP contribution in [0.2, 0.25) is 0 Å². The number of aryl methyl sites for hydroxylation is 1. The van der Waals surface area contributed by atoms with Gasteiger partial charge in [-0.2, -0.15) is 5.26 Å². The van der Waals surface area contributed by atoms with E-state index in [0.29, 0.717) is 11.3 Å². The van der Waals surface area contributed by atoms with E-state index in [-0.39, 0.29) is 11.7 Å². The zero-order valence-electron chi connectivity index (χ0n) is 12.0. The Kier molecular flexibility index (Phi) is 3.88. The van der Waals surface area contributed by atoms with Crippen LogP contribution in [0.5, 0.6) is 0 Å². The molecule has 1 heterocycles. The number of rotatable bonds is 2. The molecule has 1 atom stereocenters. The van der Waals surface area contributed by atoms with Crippen LogP contribution in [0.25, 0.3) is 0 Å². The first-order valence-electron chi connectivity index (χ1n) is 6.83. The summed E-state index contributed by atoms with van der Waals surface area (Å²) < 4.78 is 0.994. The normalized spacial score (nSPS) is 17.4. The van der Waals surface area contributed by atoms with Crippen molar-refractivity contribution in [3.63, 3.8) is 0 Å². The maximum atomic E-state index is 12.5. The Balaban J connectivity index is 2.02. The predicted molar refractivity (Wildman–Crippen MR) is 87.4 cm³/mol. The molecule has 0 fully saturated rings. The van der Waals surface area contributed by atoms with E-state index >= 15 is 0 Å². The molecule has 1 aliphatic carbocycles. The van der Waals surface area contributed by atoms with Gasteiger partial charge in [-0.05, 0) is 36.6 Å². The molecule has 1 unspecified atom stereocenters. The molecule has 0 saturated heterocycles. The Hall–Kier alpha value is -1.57. The fourth-order valence-electron chi connectivity index (χ4n) is 2.87. The Morgan fingerprint density at radius 3 is 2.62 bits per heavy atom. The standard InChI is InChI=1S/C17H15NOS2/c1-10-3-5-11(6-4-10)12-7-13-15(9-18)21-17(20-2)16(13)14(19)8-12/h3-6,12H,7-8H2,1-2H3. The molecule has 1 aromatic heterocycles. The lowest BCUT2D eigenvalue weighted by Crippen LogP contribution is -2.18. The molecular formula is C17H15NOS2. The summed E-state index contributed by atoms with van der Waals surface area (Å²) in [5.74, 6) is 0.380. The van der Waals surface area contributed by atoms with E-state index in [9.17, 15) is 10.1 Å². The van der Waals surface area contributed by atoms with Crippen molar-refractivity contribution in [3.05, 3.63) is 51.4 Å². The maximum Gasteiger partial charge on any atom is 0.165 e. The molecule has 0 N–H and O–H groups in total. The van der Waals surface area contributed by atoms with Crippen molar-refractivity contribution in [1.82, 2.24) is 0 Å². The largest absolute Gasteiger partial charge is 0.294 e. The summed E-state index contributed by atoms with van der Waals surface area (Å²) in [6.07, 6.45) is 3.31. The summed E-state index contributed by atoms with van der Waals surface area (Å²) in [7, 11) is 0. The van der Waals surface area contributed by atoms with E-state index in [1.807, 2.05) is 6.26 Å². The topological polar surface area (TPSA) is 40.9 Å².